The van der Waals surface area contributed by atoms with Crippen molar-refractivity contribution in [3.05, 3.63) is 34.0 Å². The Kier molecular flexibility index (Phi) is 4.67. The van der Waals surface area contributed by atoms with Crippen molar-refractivity contribution in [3.8, 4) is 5.75 Å². The maximum absolute atomic E-state index is 11.3. The molecule has 5 nitrogen and oxygen atoms in total. The van der Waals surface area contributed by atoms with E-state index in [1.54, 1.807) is 12.5 Å². The molecule has 0 radical (unpaired) electrons. The number of aromatic nitrogens is 2. The van der Waals surface area contributed by atoms with Gasteiger partial charge in [-0.25, -0.2) is 9.78 Å². The zero-order valence-corrected chi connectivity index (χ0v) is 13.5. The third kappa shape index (κ3) is 3.44. The number of carbonyl (C=O) groups is 1. The van der Waals surface area contributed by atoms with E-state index in [9.17, 15) is 9.90 Å². The van der Waals surface area contributed by atoms with Gasteiger partial charge < -0.3 is 14.4 Å². The van der Waals surface area contributed by atoms with Crippen LogP contribution in [-0.4, -0.2) is 20.6 Å². The van der Waals surface area contributed by atoms with Crippen LogP contribution in [0.25, 0.3) is 0 Å². The summed E-state index contributed by atoms with van der Waals surface area (Å²) >= 11 is 1.28. The fourth-order valence-corrected chi connectivity index (χ4v) is 2.94. The van der Waals surface area contributed by atoms with E-state index in [1.807, 2.05) is 24.5 Å². The highest BCUT2D eigenvalue weighted by atomic mass is 32.1. The van der Waals surface area contributed by atoms with Crippen LogP contribution in [0, 0.1) is 0 Å². The molecular weight excluding hydrogens is 288 g/mol. The molecule has 0 aromatic carbocycles. The molecule has 0 saturated carbocycles. The average molecular weight is 308 g/mol. The SMILES string of the molecule is CC(C)c1cc(OCc2cncn2C(C)C)c(C(=O)O)s1. The minimum atomic E-state index is -0.945. The summed E-state index contributed by atoms with van der Waals surface area (Å²) in [4.78, 5) is 16.7. The van der Waals surface area contributed by atoms with Crippen LogP contribution in [-0.2, 0) is 6.61 Å². The monoisotopic (exact) mass is 308 g/mol. The number of carboxylic acid groups (broad SMARTS) is 1. The quantitative estimate of drug-likeness (QED) is 0.878. The van der Waals surface area contributed by atoms with Crippen LogP contribution in [0.15, 0.2) is 18.6 Å². The molecule has 0 aliphatic rings. The Hall–Kier alpha value is -1.82. The van der Waals surface area contributed by atoms with Crippen LogP contribution >= 0.6 is 11.3 Å². The number of rotatable bonds is 6. The molecule has 2 aromatic heterocycles. The molecule has 0 saturated heterocycles. The maximum atomic E-state index is 11.3. The molecule has 2 heterocycles. The summed E-state index contributed by atoms with van der Waals surface area (Å²) in [5.41, 5.74) is 0.929. The Morgan fingerprint density at radius 2 is 2.14 bits per heavy atom. The average Bonchev–Trinajstić information content (AvgIpc) is 3.02. The largest absolute Gasteiger partial charge is 0.486 e. The molecule has 2 rings (SSSR count). The van der Waals surface area contributed by atoms with Gasteiger partial charge in [0.2, 0.25) is 0 Å². The van der Waals surface area contributed by atoms with Gasteiger partial charge in [-0.2, -0.15) is 0 Å². The minimum absolute atomic E-state index is 0.259. The second-order valence-electron chi connectivity index (χ2n) is 5.48. The third-order valence-electron chi connectivity index (χ3n) is 3.16. The summed E-state index contributed by atoms with van der Waals surface area (Å²) < 4.78 is 7.74. The van der Waals surface area contributed by atoms with Gasteiger partial charge in [0.25, 0.3) is 0 Å². The second-order valence-corrected chi connectivity index (χ2v) is 6.56. The van der Waals surface area contributed by atoms with Gasteiger partial charge in [-0.15, -0.1) is 11.3 Å². The highest BCUT2D eigenvalue weighted by Gasteiger charge is 2.19. The van der Waals surface area contributed by atoms with E-state index in [1.165, 1.54) is 11.3 Å². The standard InChI is InChI=1S/C15H20N2O3S/c1-9(2)13-5-12(14(21-13)15(18)19)20-7-11-6-16-8-17(11)10(3)4/h5-6,8-10H,7H2,1-4H3,(H,18,19). The molecule has 0 aliphatic heterocycles. The van der Waals surface area contributed by atoms with Crippen molar-refractivity contribution in [1.29, 1.82) is 0 Å². The van der Waals surface area contributed by atoms with Gasteiger partial charge in [0.15, 0.2) is 4.88 Å². The van der Waals surface area contributed by atoms with Crippen molar-refractivity contribution in [1.82, 2.24) is 9.55 Å². The summed E-state index contributed by atoms with van der Waals surface area (Å²) in [5.74, 6) is -0.224. The van der Waals surface area contributed by atoms with E-state index in [-0.39, 0.29) is 10.8 Å². The van der Waals surface area contributed by atoms with Gasteiger partial charge in [0.1, 0.15) is 12.4 Å². The number of thiophene rings is 1. The molecule has 2 aromatic rings. The van der Waals surface area contributed by atoms with Gasteiger partial charge in [0.05, 0.1) is 18.2 Å². The zero-order chi connectivity index (χ0) is 15.6. The van der Waals surface area contributed by atoms with Gasteiger partial charge in [-0.1, -0.05) is 13.8 Å². The number of nitrogens with zero attached hydrogens (tertiary/aromatic N) is 2. The highest BCUT2D eigenvalue weighted by Crippen LogP contribution is 2.34. The number of ether oxygens (including phenoxy) is 1. The van der Waals surface area contributed by atoms with Crippen molar-refractivity contribution < 1.29 is 14.6 Å². The van der Waals surface area contributed by atoms with E-state index >= 15 is 0 Å². The molecule has 0 unspecified atom stereocenters. The Labute approximate surface area is 128 Å². The molecule has 21 heavy (non-hydrogen) atoms. The first-order chi connectivity index (χ1) is 9.90. The van der Waals surface area contributed by atoms with Gasteiger partial charge >= 0.3 is 5.97 Å². The van der Waals surface area contributed by atoms with Crippen molar-refractivity contribution in [2.24, 2.45) is 0 Å². The van der Waals surface area contributed by atoms with E-state index in [0.29, 0.717) is 18.4 Å². The highest BCUT2D eigenvalue weighted by molar-refractivity contribution is 7.14. The molecule has 0 atom stereocenters. The van der Waals surface area contributed by atoms with Gasteiger partial charge in [-0.3, -0.25) is 0 Å². The van der Waals surface area contributed by atoms with Crippen LogP contribution in [0.4, 0.5) is 0 Å². The Morgan fingerprint density at radius 3 is 2.71 bits per heavy atom. The maximum Gasteiger partial charge on any atom is 0.349 e. The molecule has 0 spiro atoms. The van der Waals surface area contributed by atoms with Gasteiger partial charge in [0, 0.05) is 10.9 Å². The second kappa shape index (κ2) is 6.30. The molecular formula is C15H20N2O3S. The number of aromatic carboxylic acids is 1. The van der Waals surface area contributed by atoms with Crippen molar-refractivity contribution in [2.45, 2.75) is 46.3 Å². The van der Waals surface area contributed by atoms with Crippen molar-refractivity contribution >= 4 is 17.3 Å². The predicted molar refractivity (Wildman–Crippen MR) is 82.3 cm³/mol. The van der Waals surface area contributed by atoms with E-state index in [4.69, 9.17) is 4.74 Å². The molecule has 0 fully saturated rings. The zero-order valence-electron chi connectivity index (χ0n) is 12.7. The van der Waals surface area contributed by atoms with Crippen LogP contribution in [0.5, 0.6) is 5.75 Å². The van der Waals surface area contributed by atoms with Gasteiger partial charge in [-0.05, 0) is 25.8 Å². The van der Waals surface area contributed by atoms with Crippen LogP contribution in [0.3, 0.4) is 0 Å². The van der Waals surface area contributed by atoms with Crippen molar-refractivity contribution in [3.63, 3.8) is 0 Å². The Balaban J connectivity index is 2.19. The summed E-state index contributed by atoms with van der Waals surface area (Å²) in [5, 5.41) is 9.27. The Bertz CT molecular complexity index is 629. The fraction of sp³-hybridized carbons (Fsp3) is 0.467. The first kappa shape index (κ1) is 15.6. The number of hydrogen-bond donors (Lipinski definition) is 1. The molecule has 0 aliphatic carbocycles. The number of hydrogen-bond acceptors (Lipinski definition) is 4. The van der Waals surface area contributed by atoms with Crippen molar-refractivity contribution in [2.75, 3.05) is 0 Å². The van der Waals surface area contributed by atoms with E-state index < -0.39 is 5.97 Å². The van der Waals surface area contributed by atoms with E-state index in [2.05, 4.69) is 18.8 Å². The van der Waals surface area contributed by atoms with Crippen LogP contribution in [0.2, 0.25) is 0 Å². The predicted octanol–water partition coefficient (Wildman–Crippen LogP) is 3.93. The van der Waals surface area contributed by atoms with Crippen LogP contribution < -0.4 is 4.74 Å². The summed E-state index contributed by atoms with van der Waals surface area (Å²) in [7, 11) is 0. The lowest BCUT2D eigenvalue weighted by molar-refractivity contribution is 0.0697. The molecule has 114 valence electrons. The summed E-state index contributed by atoms with van der Waals surface area (Å²) in [6, 6.07) is 2.12. The first-order valence-corrected chi connectivity index (χ1v) is 7.72. The molecule has 0 bridgehead atoms. The number of carboxylic acids is 1. The molecule has 6 heteroatoms. The lowest BCUT2D eigenvalue weighted by atomic mass is 10.2. The smallest absolute Gasteiger partial charge is 0.349 e. The lowest BCUT2D eigenvalue weighted by Gasteiger charge is -2.12. The van der Waals surface area contributed by atoms with E-state index in [0.717, 1.165) is 10.6 Å². The molecule has 1 N–H and O–H groups in total. The summed E-state index contributed by atoms with van der Waals surface area (Å²) in [6.07, 6.45) is 3.50. The lowest BCUT2D eigenvalue weighted by Crippen LogP contribution is -2.08. The molecule has 0 amide bonds. The normalized spacial score (nSPS) is 11.3. The summed E-state index contributed by atoms with van der Waals surface area (Å²) in [6.45, 7) is 8.52. The fourth-order valence-electron chi connectivity index (χ4n) is 1.99. The Morgan fingerprint density at radius 1 is 1.43 bits per heavy atom. The first-order valence-electron chi connectivity index (χ1n) is 6.90. The minimum Gasteiger partial charge on any atom is -0.486 e. The topological polar surface area (TPSA) is 64.4 Å². The number of imidazole rings is 1. The third-order valence-corrected chi connectivity index (χ3v) is 4.56. The van der Waals surface area contributed by atoms with Crippen LogP contribution in [0.1, 0.15) is 59.9 Å².